The van der Waals surface area contributed by atoms with Gasteiger partial charge in [0.15, 0.2) is 0 Å². The zero-order valence-corrected chi connectivity index (χ0v) is 13.5. The molecule has 0 bridgehead atoms. The Hall–Kier alpha value is -0.900. The molecule has 0 amide bonds. The van der Waals surface area contributed by atoms with Crippen LogP contribution >= 0.6 is 0 Å². The molecule has 0 spiro atoms. The van der Waals surface area contributed by atoms with Gasteiger partial charge < -0.3 is 15.2 Å². The molecule has 21 heavy (non-hydrogen) atoms. The molecule has 0 aliphatic carbocycles. The van der Waals surface area contributed by atoms with Gasteiger partial charge in [-0.3, -0.25) is 0 Å². The minimum Gasteiger partial charge on any atom is -0.387 e. The van der Waals surface area contributed by atoms with Gasteiger partial charge >= 0.3 is 0 Å². The second kappa shape index (κ2) is 7.92. The molecule has 1 aromatic carbocycles. The summed E-state index contributed by atoms with van der Waals surface area (Å²) in [5.74, 6) is 1.24. The SMILES string of the molecule is CC(C)Cc1ccc(C(O)CNCC2CCOC2C)cc1. The summed E-state index contributed by atoms with van der Waals surface area (Å²) in [4.78, 5) is 0. The Morgan fingerprint density at radius 3 is 2.57 bits per heavy atom. The predicted octanol–water partition coefficient (Wildman–Crippen LogP) is 2.93. The largest absolute Gasteiger partial charge is 0.387 e. The molecule has 1 aromatic rings. The first kappa shape index (κ1) is 16.5. The Morgan fingerprint density at radius 1 is 1.29 bits per heavy atom. The second-order valence-electron chi connectivity index (χ2n) is 6.64. The molecule has 1 fully saturated rings. The van der Waals surface area contributed by atoms with Gasteiger partial charge in [0.2, 0.25) is 0 Å². The second-order valence-corrected chi connectivity index (χ2v) is 6.64. The molecule has 1 heterocycles. The average molecular weight is 291 g/mol. The van der Waals surface area contributed by atoms with E-state index >= 15 is 0 Å². The van der Waals surface area contributed by atoms with Crippen molar-refractivity contribution in [3.05, 3.63) is 35.4 Å². The van der Waals surface area contributed by atoms with Crippen LogP contribution in [0, 0.1) is 11.8 Å². The molecule has 1 aliphatic heterocycles. The van der Waals surface area contributed by atoms with E-state index in [1.807, 2.05) is 12.1 Å². The van der Waals surface area contributed by atoms with Crippen molar-refractivity contribution in [1.82, 2.24) is 5.32 Å². The highest BCUT2D eigenvalue weighted by Gasteiger charge is 2.23. The van der Waals surface area contributed by atoms with Gasteiger partial charge in [0.05, 0.1) is 12.2 Å². The summed E-state index contributed by atoms with van der Waals surface area (Å²) in [5.41, 5.74) is 2.33. The standard InChI is InChI=1S/C18H29NO2/c1-13(2)10-15-4-6-16(7-5-15)18(20)12-19-11-17-8-9-21-14(17)3/h4-7,13-14,17-20H,8-12H2,1-3H3. The third-order valence-electron chi connectivity index (χ3n) is 4.29. The van der Waals surface area contributed by atoms with E-state index in [0.717, 1.165) is 31.6 Å². The fourth-order valence-electron chi connectivity index (χ4n) is 2.91. The predicted molar refractivity (Wildman–Crippen MR) is 86.3 cm³/mol. The van der Waals surface area contributed by atoms with Crippen LogP contribution in [-0.2, 0) is 11.2 Å². The highest BCUT2D eigenvalue weighted by Crippen LogP contribution is 2.20. The van der Waals surface area contributed by atoms with Gasteiger partial charge in [-0.15, -0.1) is 0 Å². The average Bonchev–Trinajstić information content (AvgIpc) is 2.84. The van der Waals surface area contributed by atoms with Gasteiger partial charge in [-0.05, 0) is 42.7 Å². The Labute approximate surface area is 128 Å². The smallest absolute Gasteiger partial charge is 0.0914 e. The van der Waals surface area contributed by atoms with E-state index in [2.05, 4.69) is 38.2 Å². The quantitative estimate of drug-likeness (QED) is 0.811. The third-order valence-corrected chi connectivity index (χ3v) is 4.29. The van der Waals surface area contributed by atoms with Gasteiger partial charge in [0.25, 0.3) is 0 Å². The number of aliphatic hydroxyl groups excluding tert-OH is 1. The van der Waals surface area contributed by atoms with Crippen LogP contribution in [0.2, 0.25) is 0 Å². The zero-order chi connectivity index (χ0) is 15.2. The number of hydrogen-bond acceptors (Lipinski definition) is 3. The molecule has 3 unspecified atom stereocenters. The van der Waals surface area contributed by atoms with E-state index < -0.39 is 6.10 Å². The minimum absolute atomic E-state index is 0.338. The molecule has 0 saturated carbocycles. The Morgan fingerprint density at radius 2 is 2.00 bits per heavy atom. The van der Waals surface area contributed by atoms with Crippen LogP contribution in [0.4, 0.5) is 0 Å². The Kier molecular flexibility index (Phi) is 6.22. The van der Waals surface area contributed by atoms with Crippen molar-refractivity contribution in [2.24, 2.45) is 11.8 Å². The van der Waals surface area contributed by atoms with Gasteiger partial charge in [-0.2, -0.15) is 0 Å². The summed E-state index contributed by atoms with van der Waals surface area (Å²) in [7, 11) is 0. The van der Waals surface area contributed by atoms with Crippen molar-refractivity contribution < 1.29 is 9.84 Å². The van der Waals surface area contributed by atoms with Crippen molar-refractivity contribution >= 4 is 0 Å². The molecule has 0 radical (unpaired) electrons. The van der Waals surface area contributed by atoms with Gasteiger partial charge in [-0.25, -0.2) is 0 Å². The molecule has 2 N–H and O–H groups in total. The number of rotatable bonds is 7. The van der Waals surface area contributed by atoms with Crippen LogP contribution in [0.3, 0.4) is 0 Å². The lowest BCUT2D eigenvalue weighted by Crippen LogP contribution is -2.30. The molecular formula is C18H29NO2. The Balaban J connectivity index is 1.76. The molecule has 3 atom stereocenters. The molecule has 3 heteroatoms. The molecule has 0 aromatic heterocycles. The minimum atomic E-state index is -0.435. The lowest BCUT2D eigenvalue weighted by atomic mass is 10.00. The molecule has 118 valence electrons. The van der Waals surface area contributed by atoms with Crippen molar-refractivity contribution in [2.45, 2.75) is 45.8 Å². The number of aliphatic hydroxyl groups is 1. The zero-order valence-electron chi connectivity index (χ0n) is 13.5. The normalized spacial score (nSPS) is 23.7. The van der Waals surface area contributed by atoms with Crippen LogP contribution < -0.4 is 5.32 Å². The monoisotopic (exact) mass is 291 g/mol. The van der Waals surface area contributed by atoms with E-state index in [0.29, 0.717) is 24.5 Å². The lowest BCUT2D eigenvalue weighted by Gasteiger charge is -2.17. The fourth-order valence-corrected chi connectivity index (χ4v) is 2.91. The highest BCUT2D eigenvalue weighted by atomic mass is 16.5. The number of benzene rings is 1. The molecule has 3 nitrogen and oxygen atoms in total. The summed E-state index contributed by atoms with van der Waals surface area (Å²) < 4.78 is 5.55. The first-order valence-corrected chi connectivity index (χ1v) is 8.15. The summed E-state index contributed by atoms with van der Waals surface area (Å²) in [6.07, 6.45) is 2.11. The van der Waals surface area contributed by atoms with Gasteiger partial charge in [0.1, 0.15) is 0 Å². The van der Waals surface area contributed by atoms with Crippen LogP contribution in [-0.4, -0.2) is 30.9 Å². The van der Waals surface area contributed by atoms with E-state index in [1.165, 1.54) is 5.56 Å². The fraction of sp³-hybridized carbons (Fsp3) is 0.667. The first-order chi connectivity index (χ1) is 10.1. The van der Waals surface area contributed by atoms with Gasteiger partial charge in [-0.1, -0.05) is 38.1 Å². The van der Waals surface area contributed by atoms with Crippen LogP contribution in [0.25, 0.3) is 0 Å². The van der Waals surface area contributed by atoms with Gasteiger partial charge in [0, 0.05) is 19.7 Å². The number of hydrogen-bond donors (Lipinski definition) is 2. The summed E-state index contributed by atoms with van der Waals surface area (Å²) in [6.45, 7) is 8.97. The van der Waals surface area contributed by atoms with Crippen LogP contribution in [0.5, 0.6) is 0 Å². The summed E-state index contributed by atoms with van der Waals surface area (Å²) >= 11 is 0. The van der Waals surface area contributed by atoms with Crippen LogP contribution in [0.1, 0.15) is 44.4 Å². The maximum absolute atomic E-state index is 10.2. The van der Waals surface area contributed by atoms with Crippen molar-refractivity contribution in [3.8, 4) is 0 Å². The maximum Gasteiger partial charge on any atom is 0.0914 e. The maximum atomic E-state index is 10.2. The third kappa shape index (κ3) is 5.10. The highest BCUT2D eigenvalue weighted by molar-refractivity contribution is 5.24. The van der Waals surface area contributed by atoms with E-state index in [1.54, 1.807) is 0 Å². The molecule has 2 rings (SSSR count). The summed E-state index contributed by atoms with van der Waals surface area (Å²) in [6, 6.07) is 8.35. The summed E-state index contributed by atoms with van der Waals surface area (Å²) in [5, 5.41) is 13.6. The van der Waals surface area contributed by atoms with Crippen molar-refractivity contribution in [3.63, 3.8) is 0 Å². The molecule has 1 saturated heterocycles. The van der Waals surface area contributed by atoms with E-state index in [4.69, 9.17) is 4.74 Å². The number of nitrogens with one attached hydrogen (secondary N) is 1. The van der Waals surface area contributed by atoms with Crippen molar-refractivity contribution in [2.75, 3.05) is 19.7 Å². The van der Waals surface area contributed by atoms with Crippen LogP contribution in [0.15, 0.2) is 24.3 Å². The molecule has 1 aliphatic rings. The Bertz CT molecular complexity index is 416. The van der Waals surface area contributed by atoms with E-state index in [-0.39, 0.29) is 0 Å². The van der Waals surface area contributed by atoms with Crippen molar-refractivity contribution in [1.29, 1.82) is 0 Å². The lowest BCUT2D eigenvalue weighted by molar-refractivity contribution is 0.103. The molecular weight excluding hydrogens is 262 g/mol. The number of ether oxygens (including phenoxy) is 1. The first-order valence-electron chi connectivity index (χ1n) is 8.15. The topological polar surface area (TPSA) is 41.5 Å². The van der Waals surface area contributed by atoms with E-state index in [9.17, 15) is 5.11 Å².